The number of halogens is 2. The van der Waals surface area contributed by atoms with Crippen LogP contribution < -0.4 is 0 Å². The highest BCUT2D eigenvalue weighted by Gasteiger charge is 2.22. The zero-order chi connectivity index (χ0) is 12.4. The second-order valence-electron chi connectivity index (χ2n) is 5.32. The molecule has 0 bridgehead atoms. The summed E-state index contributed by atoms with van der Waals surface area (Å²) in [6.07, 6.45) is 2.30. The first-order valence-corrected chi connectivity index (χ1v) is 6.38. The largest absolute Gasteiger partial charge is 0.280 e. The van der Waals surface area contributed by atoms with Gasteiger partial charge in [0.2, 0.25) is 0 Å². The first-order valence-electron chi connectivity index (χ1n) is 6.38. The molecular formula is C13H20F2N2. The Morgan fingerprint density at radius 2 is 2.00 bits per heavy atom. The van der Waals surface area contributed by atoms with Crippen molar-refractivity contribution < 1.29 is 8.78 Å². The van der Waals surface area contributed by atoms with Crippen LogP contribution in [0.3, 0.4) is 0 Å². The summed E-state index contributed by atoms with van der Waals surface area (Å²) >= 11 is 0. The lowest BCUT2D eigenvalue weighted by atomic mass is 9.83. The SMILES string of the molecule is Cc1cc(C(F)F)n(C[C@H]2CC[C@H](C)CC2)n1. The average Bonchev–Trinajstić information content (AvgIpc) is 2.63. The number of aryl methyl sites for hydroxylation is 1. The van der Waals surface area contributed by atoms with Crippen molar-refractivity contribution in [2.45, 2.75) is 52.5 Å². The minimum atomic E-state index is -2.42. The molecule has 1 heterocycles. The smallest absolute Gasteiger partial charge is 0.263 e. The Labute approximate surface area is 101 Å². The molecule has 0 aromatic carbocycles. The van der Waals surface area contributed by atoms with Gasteiger partial charge in [-0.25, -0.2) is 8.78 Å². The van der Waals surface area contributed by atoms with Crippen molar-refractivity contribution >= 4 is 0 Å². The van der Waals surface area contributed by atoms with Crippen molar-refractivity contribution in [3.63, 3.8) is 0 Å². The lowest BCUT2D eigenvalue weighted by Crippen LogP contribution is -2.19. The number of nitrogens with zero attached hydrogens (tertiary/aromatic N) is 2. The van der Waals surface area contributed by atoms with Gasteiger partial charge >= 0.3 is 0 Å². The van der Waals surface area contributed by atoms with E-state index in [2.05, 4.69) is 12.0 Å². The highest BCUT2D eigenvalue weighted by atomic mass is 19.3. The minimum absolute atomic E-state index is 0.0705. The molecule has 2 nitrogen and oxygen atoms in total. The van der Waals surface area contributed by atoms with Crippen molar-refractivity contribution in [2.75, 3.05) is 0 Å². The maximum absolute atomic E-state index is 12.8. The summed E-state index contributed by atoms with van der Waals surface area (Å²) < 4.78 is 27.1. The molecule has 0 radical (unpaired) electrons. The lowest BCUT2D eigenvalue weighted by molar-refractivity contribution is 0.135. The van der Waals surface area contributed by atoms with Crippen LogP contribution >= 0.6 is 0 Å². The van der Waals surface area contributed by atoms with E-state index in [1.165, 1.54) is 23.6 Å². The maximum atomic E-state index is 12.8. The molecule has 1 saturated carbocycles. The molecule has 2 rings (SSSR count). The van der Waals surface area contributed by atoms with Crippen LogP contribution in [0.4, 0.5) is 8.78 Å². The van der Waals surface area contributed by atoms with Gasteiger partial charge in [-0.2, -0.15) is 5.10 Å². The Balaban J connectivity index is 2.03. The standard InChI is InChI=1S/C13H20F2N2/c1-9-3-5-11(6-4-9)8-17-12(13(14)15)7-10(2)16-17/h7,9,11,13H,3-6,8H2,1-2H3/t9-,11-. The van der Waals surface area contributed by atoms with E-state index in [0.717, 1.165) is 18.8 Å². The molecule has 96 valence electrons. The van der Waals surface area contributed by atoms with Crippen LogP contribution in [0.25, 0.3) is 0 Å². The summed E-state index contributed by atoms with van der Waals surface area (Å²) in [4.78, 5) is 0. The Hall–Kier alpha value is -0.930. The number of aromatic nitrogens is 2. The fourth-order valence-corrected chi connectivity index (χ4v) is 2.64. The van der Waals surface area contributed by atoms with Gasteiger partial charge in [-0.3, -0.25) is 4.68 Å². The molecule has 0 aliphatic heterocycles. The van der Waals surface area contributed by atoms with Gasteiger partial charge in [0.15, 0.2) is 0 Å². The molecule has 0 amide bonds. The Morgan fingerprint density at radius 1 is 1.35 bits per heavy atom. The predicted molar refractivity (Wildman–Crippen MR) is 63.0 cm³/mol. The number of hydrogen-bond acceptors (Lipinski definition) is 1. The van der Waals surface area contributed by atoms with Crippen LogP contribution in [-0.4, -0.2) is 9.78 Å². The third kappa shape index (κ3) is 3.05. The normalized spacial score (nSPS) is 25.5. The molecule has 0 spiro atoms. The van der Waals surface area contributed by atoms with Crippen LogP contribution in [0.1, 0.15) is 50.4 Å². The summed E-state index contributed by atoms with van der Waals surface area (Å²) in [6.45, 7) is 4.68. The van der Waals surface area contributed by atoms with Crippen LogP contribution in [0, 0.1) is 18.8 Å². The van der Waals surface area contributed by atoms with Crippen LogP contribution in [0.5, 0.6) is 0 Å². The highest BCUT2D eigenvalue weighted by Crippen LogP contribution is 2.30. The first-order chi connectivity index (χ1) is 8.06. The summed E-state index contributed by atoms with van der Waals surface area (Å²) in [5, 5.41) is 4.18. The molecule has 1 fully saturated rings. The molecular weight excluding hydrogens is 222 g/mol. The summed E-state index contributed by atoms with van der Waals surface area (Å²) in [5.41, 5.74) is 0.755. The van der Waals surface area contributed by atoms with Gasteiger partial charge in [0.1, 0.15) is 5.69 Å². The molecule has 1 aromatic rings. The van der Waals surface area contributed by atoms with E-state index in [1.807, 2.05) is 0 Å². The molecule has 0 N–H and O–H groups in total. The van der Waals surface area contributed by atoms with Crippen LogP contribution in [0.15, 0.2) is 6.07 Å². The number of alkyl halides is 2. The molecule has 1 aliphatic rings. The van der Waals surface area contributed by atoms with E-state index in [0.29, 0.717) is 18.2 Å². The predicted octanol–water partition coefficient (Wildman–Crippen LogP) is 3.96. The van der Waals surface area contributed by atoms with Crippen molar-refractivity contribution in [1.29, 1.82) is 0 Å². The molecule has 0 unspecified atom stereocenters. The summed E-state index contributed by atoms with van der Waals surface area (Å²) in [7, 11) is 0. The van der Waals surface area contributed by atoms with Gasteiger partial charge in [-0.15, -0.1) is 0 Å². The third-order valence-electron chi connectivity index (χ3n) is 3.72. The monoisotopic (exact) mass is 242 g/mol. The lowest BCUT2D eigenvalue weighted by Gasteiger charge is -2.26. The fraction of sp³-hybridized carbons (Fsp3) is 0.769. The van der Waals surface area contributed by atoms with Gasteiger partial charge in [-0.1, -0.05) is 19.8 Å². The number of rotatable bonds is 3. The molecule has 0 atom stereocenters. The van der Waals surface area contributed by atoms with Crippen molar-refractivity contribution in [2.24, 2.45) is 11.8 Å². The quantitative estimate of drug-likeness (QED) is 0.784. The second-order valence-corrected chi connectivity index (χ2v) is 5.32. The Bertz CT molecular complexity index is 365. The maximum Gasteiger partial charge on any atom is 0.280 e. The molecule has 17 heavy (non-hydrogen) atoms. The highest BCUT2D eigenvalue weighted by molar-refractivity contribution is 5.10. The van der Waals surface area contributed by atoms with E-state index in [4.69, 9.17) is 0 Å². The average molecular weight is 242 g/mol. The first kappa shape index (κ1) is 12.5. The zero-order valence-electron chi connectivity index (χ0n) is 10.5. The molecule has 1 aliphatic carbocycles. The third-order valence-corrected chi connectivity index (χ3v) is 3.72. The van der Waals surface area contributed by atoms with Crippen LogP contribution in [-0.2, 0) is 6.54 Å². The summed E-state index contributed by atoms with van der Waals surface area (Å²) in [5.74, 6) is 1.31. The van der Waals surface area contributed by atoms with Crippen molar-refractivity contribution in [3.05, 3.63) is 17.5 Å². The van der Waals surface area contributed by atoms with Gasteiger partial charge in [0.05, 0.1) is 5.69 Å². The van der Waals surface area contributed by atoms with Crippen LogP contribution in [0.2, 0.25) is 0 Å². The van der Waals surface area contributed by atoms with Crippen molar-refractivity contribution in [1.82, 2.24) is 9.78 Å². The van der Waals surface area contributed by atoms with E-state index in [9.17, 15) is 8.78 Å². The second kappa shape index (κ2) is 5.15. The molecule has 1 aromatic heterocycles. The van der Waals surface area contributed by atoms with Gasteiger partial charge in [0.25, 0.3) is 6.43 Å². The topological polar surface area (TPSA) is 17.8 Å². The van der Waals surface area contributed by atoms with Gasteiger partial charge in [0, 0.05) is 6.54 Å². The van der Waals surface area contributed by atoms with Crippen molar-refractivity contribution in [3.8, 4) is 0 Å². The molecule has 4 heteroatoms. The van der Waals surface area contributed by atoms with E-state index >= 15 is 0 Å². The number of hydrogen-bond donors (Lipinski definition) is 0. The Morgan fingerprint density at radius 3 is 2.59 bits per heavy atom. The van der Waals surface area contributed by atoms with E-state index in [-0.39, 0.29) is 5.69 Å². The molecule has 0 saturated heterocycles. The van der Waals surface area contributed by atoms with E-state index < -0.39 is 6.43 Å². The Kier molecular flexibility index (Phi) is 3.79. The van der Waals surface area contributed by atoms with Gasteiger partial charge in [-0.05, 0) is 37.7 Å². The van der Waals surface area contributed by atoms with Gasteiger partial charge < -0.3 is 0 Å². The minimum Gasteiger partial charge on any atom is -0.263 e. The van der Waals surface area contributed by atoms with E-state index in [1.54, 1.807) is 6.92 Å². The zero-order valence-corrected chi connectivity index (χ0v) is 10.5. The summed E-state index contributed by atoms with van der Waals surface area (Å²) in [6, 6.07) is 1.50. The fourth-order valence-electron chi connectivity index (χ4n) is 2.64.